The maximum Gasteiger partial charge on any atom is 0.332 e. The number of fused-ring (bicyclic) bond motifs is 2. The van der Waals surface area contributed by atoms with Crippen molar-refractivity contribution in [3.8, 4) is 0 Å². The van der Waals surface area contributed by atoms with Crippen LogP contribution in [0.2, 0.25) is 5.02 Å². The molecule has 2 aromatic rings. The van der Waals surface area contributed by atoms with Gasteiger partial charge in [0.05, 0.1) is 23.2 Å². The van der Waals surface area contributed by atoms with Gasteiger partial charge in [-0.25, -0.2) is 13.2 Å². The van der Waals surface area contributed by atoms with Gasteiger partial charge in [0.15, 0.2) is 0 Å². The lowest BCUT2D eigenvalue weighted by atomic mass is 9.95. The average Bonchev–Trinajstić information content (AvgIpc) is 2.80. The van der Waals surface area contributed by atoms with E-state index in [0.717, 1.165) is 5.56 Å². The molecule has 0 amide bonds. The maximum absolute atomic E-state index is 13.3. The molecular formula is C22H27ClN2O5S. The van der Waals surface area contributed by atoms with Crippen LogP contribution in [0.15, 0.2) is 47.4 Å². The maximum atomic E-state index is 13.3. The van der Waals surface area contributed by atoms with Crippen LogP contribution in [0.5, 0.6) is 0 Å². The van der Waals surface area contributed by atoms with E-state index in [0.29, 0.717) is 42.5 Å². The molecule has 0 saturated carbocycles. The van der Waals surface area contributed by atoms with Gasteiger partial charge >= 0.3 is 5.97 Å². The molecule has 1 atom stereocenters. The highest BCUT2D eigenvalue weighted by Gasteiger charge is 2.36. The normalized spacial score (nSPS) is 17.1. The molecule has 3 rings (SSSR count). The number of carbonyl (C=O) groups excluding carboxylic acids is 1. The Labute approximate surface area is 188 Å². The number of sulfonamides is 1. The summed E-state index contributed by atoms with van der Waals surface area (Å²) < 4.78 is 38.2. The first kappa shape index (κ1) is 23.5. The Morgan fingerprint density at radius 3 is 2.68 bits per heavy atom. The Bertz CT molecular complexity index is 1040. The van der Waals surface area contributed by atoms with Crippen molar-refractivity contribution in [2.24, 2.45) is 0 Å². The molecule has 0 spiro atoms. The summed E-state index contributed by atoms with van der Waals surface area (Å²) in [5.74, 6) is -0.382. The molecule has 31 heavy (non-hydrogen) atoms. The van der Waals surface area contributed by atoms with Gasteiger partial charge in [0.25, 0.3) is 10.0 Å². The fourth-order valence-electron chi connectivity index (χ4n) is 3.79. The Hall–Kier alpha value is -2.13. The Morgan fingerprint density at radius 1 is 1.19 bits per heavy atom. The van der Waals surface area contributed by atoms with Crippen molar-refractivity contribution in [1.82, 2.24) is 4.90 Å². The van der Waals surface area contributed by atoms with Gasteiger partial charge in [-0.1, -0.05) is 35.9 Å². The van der Waals surface area contributed by atoms with E-state index in [-0.39, 0.29) is 23.5 Å². The minimum atomic E-state index is -3.76. The molecule has 0 saturated heterocycles. The van der Waals surface area contributed by atoms with E-state index in [1.807, 2.05) is 31.3 Å². The lowest BCUT2D eigenvalue weighted by molar-refractivity contribution is -0.148. The Balaban J connectivity index is 1.87. The van der Waals surface area contributed by atoms with Crippen LogP contribution in [-0.2, 0) is 24.3 Å². The van der Waals surface area contributed by atoms with Crippen LogP contribution in [0.1, 0.15) is 30.5 Å². The van der Waals surface area contributed by atoms with Crippen LogP contribution < -0.4 is 4.31 Å². The molecule has 7 nitrogen and oxygen atoms in total. The molecule has 9 heteroatoms. The number of rotatable bonds is 8. The molecular weight excluding hydrogens is 440 g/mol. The zero-order chi connectivity index (χ0) is 22.6. The first-order chi connectivity index (χ1) is 14.8. The zero-order valence-electron chi connectivity index (χ0n) is 17.9. The summed E-state index contributed by atoms with van der Waals surface area (Å²) in [7, 11) is -0.250. The van der Waals surface area contributed by atoms with Gasteiger partial charge in [0, 0.05) is 25.2 Å². The number of carbonyl (C=O) groups is 1. The van der Waals surface area contributed by atoms with Crippen molar-refractivity contribution in [3.63, 3.8) is 0 Å². The highest BCUT2D eigenvalue weighted by atomic mass is 35.5. The Morgan fingerprint density at radius 2 is 1.94 bits per heavy atom. The van der Waals surface area contributed by atoms with Gasteiger partial charge in [-0.2, -0.15) is 0 Å². The second-order valence-electron chi connectivity index (χ2n) is 7.31. The summed E-state index contributed by atoms with van der Waals surface area (Å²) >= 11 is 6.16. The van der Waals surface area contributed by atoms with Crippen molar-refractivity contribution >= 4 is 33.3 Å². The quantitative estimate of drug-likeness (QED) is 0.438. The van der Waals surface area contributed by atoms with Gasteiger partial charge in [0.2, 0.25) is 0 Å². The third-order valence-corrected chi connectivity index (χ3v) is 7.31. The topological polar surface area (TPSA) is 76.2 Å². The number of benzene rings is 2. The highest BCUT2D eigenvalue weighted by molar-refractivity contribution is 7.92. The molecule has 1 unspecified atom stereocenters. The summed E-state index contributed by atoms with van der Waals surface area (Å²) in [6.45, 7) is 3.03. The lowest BCUT2D eigenvalue weighted by Crippen LogP contribution is -2.28. The Kier molecular flexibility index (Phi) is 7.59. The molecule has 0 fully saturated rings. The highest BCUT2D eigenvalue weighted by Crippen LogP contribution is 2.43. The van der Waals surface area contributed by atoms with E-state index in [4.69, 9.17) is 21.1 Å². The molecule has 0 aromatic heterocycles. The predicted molar refractivity (Wildman–Crippen MR) is 120 cm³/mol. The molecule has 0 aliphatic carbocycles. The molecule has 0 bridgehead atoms. The van der Waals surface area contributed by atoms with Crippen LogP contribution in [0, 0.1) is 0 Å². The van der Waals surface area contributed by atoms with Gasteiger partial charge in [0.1, 0.15) is 6.61 Å². The molecule has 0 radical (unpaired) electrons. The predicted octanol–water partition coefficient (Wildman–Crippen LogP) is 3.47. The monoisotopic (exact) mass is 466 g/mol. The van der Waals surface area contributed by atoms with Gasteiger partial charge in [-0.15, -0.1) is 0 Å². The number of ether oxygens (including phenoxy) is 2. The smallest absolute Gasteiger partial charge is 0.332 e. The van der Waals surface area contributed by atoms with Crippen molar-refractivity contribution in [3.05, 3.63) is 58.6 Å². The van der Waals surface area contributed by atoms with E-state index in [9.17, 15) is 13.2 Å². The third kappa shape index (κ3) is 5.03. The first-order valence-electron chi connectivity index (χ1n) is 10.1. The molecule has 2 aromatic carbocycles. The number of esters is 1. The van der Waals surface area contributed by atoms with Crippen LogP contribution >= 0.6 is 11.6 Å². The fraction of sp³-hybridized carbons (Fsp3) is 0.409. The summed E-state index contributed by atoms with van der Waals surface area (Å²) in [6, 6.07) is 12.2. The van der Waals surface area contributed by atoms with Gasteiger partial charge in [-0.3, -0.25) is 9.21 Å². The number of hydrogen-bond donors (Lipinski definition) is 0. The summed E-state index contributed by atoms with van der Waals surface area (Å²) in [4.78, 5) is 13.7. The van der Waals surface area contributed by atoms with E-state index < -0.39 is 10.0 Å². The molecule has 1 heterocycles. The van der Waals surface area contributed by atoms with Crippen molar-refractivity contribution in [1.29, 1.82) is 0 Å². The number of anilines is 1. The van der Waals surface area contributed by atoms with Crippen LogP contribution in [-0.4, -0.2) is 59.7 Å². The van der Waals surface area contributed by atoms with Crippen LogP contribution in [0.3, 0.4) is 0 Å². The van der Waals surface area contributed by atoms with E-state index in [2.05, 4.69) is 4.90 Å². The SMILES string of the molecule is CCOC(=O)COCCCN(C)C1c2ccccc2N(C)S(=O)(=O)c2cc(Cl)ccc21. The van der Waals surface area contributed by atoms with Gasteiger partial charge < -0.3 is 9.47 Å². The minimum Gasteiger partial charge on any atom is -0.464 e. The van der Waals surface area contributed by atoms with Crippen molar-refractivity contribution < 1.29 is 22.7 Å². The number of hydrogen-bond acceptors (Lipinski definition) is 6. The minimum absolute atomic E-state index is 0.0752. The van der Waals surface area contributed by atoms with Crippen molar-refractivity contribution in [2.75, 3.05) is 44.8 Å². The number of para-hydroxylation sites is 1. The first-order valence-corrected chi connectivity index (χ1v) is 11.9. The second kappa shape index (κ2) is 9.99. The summed E-state index contributed by atoms with van der Waals surface area (Å²) in [5, 5.41) is 0.371. The van der Waals surface area contributed by atoms with E-state index in [1.165, 1.54) is 10.4 Å². The van der Waals surface area contributed by atoms with E-state index in [1.54, 1.807) is 26.1 Å². The standard InChI is InChI=1S/C22H27ClN2O5S/c1-4-30-21(26)15-29-13-7-12-24(2)22-17-8-5-6-9-19(17)25(3)31(27,28)20-14-16(23)10-11-18(20)22/h5-6,8-11,14,22H,4,7,12-13,15H2,1-3H3. The second-order valence-corrected chi connectivity index (χ2v) is 9.68. The zero-order valence-corrected chi connectivity index (χ0v) is 19.4. The van der Waals surface area contributed by atoms with Gasteiger partial charge in [-0.05, 0) is 49.7 Å². The molecule has 1 aliphatic heterocycles. The largest absolute Gasteiger partial charge is 0.464 e. The lowest BCUT2D eigenvalue weighted by Gasteiger charge is -2.29. The van der Waals surface area contributed by atoms with Crippen LogP contribution in [0.4, 0.5) is 5.69 Å². The molecule has 1 aliphatic rings. The summed E-state index contributed by atoms with van der Waals surface area (Å²) in [6.07, 6.45) is 0.667. The third-order valence-electron chi connectivity index (χ3n) is 5.24. The molecule has 0 N–H and O–H groups in total. The van der Waals surface area contributed by atoms with Crippen molar-refractivity contribution in [2.45, 2.75) is 24.3 Å². The average molecular weight is 467 g/mol. The van der Waals surface area contributed by atoms with Crippen LogP contribution in [0.25, 0.3) is 0 Å². The number of halogens is 1. The fourth-order valence-corrected chi connectivity index (χ4v) is 5.50. The summed E-state index contributed by atoms with van der Waals surface area (Å²) in [5.41, 5.74) is 2.20. The van der Waals surface area contributed by atoms with E-state index >= 15 is 0 Å². The molecule has 168 valence electrons. The number of nitrogens with zero attached hydrogens (tertiary/aromatic N) is 2.